The van der Waals surface area contributed by atoms with Crippen molar-refractivity contribution in [3.63, 3.8) is 0 Å². The van der Waals surface area contributed by atoms with Crippen molar-refractivity contribution in [2.24, 2.45) is 11.5 Å². The smallest absolute Gasteiger partial charge is 0.247 e. The molecule has 0 spiro atoms. The van der Waals surface area contributed by atoms with Gasteiger partial charge in [0, 0.05) is 39.0 Å². The number of hydrogen-bond acceptors (Lipinski definition) is 7. The highest BCUT2D eigenvalue weighted by Gasteiger charge is 2.27. The van der Waals surface area contributed by atoms with Crippen LogP contribution in [0.2, 0.25) is 0 Å². The number of nitrogens with zero attached hydrogens (tertiary/aromatic N) is 1. The third kappa shape index (κ3) is 20.7. The van der Waals surface area contributed by atoms with Crippen LogP contribution in [0.5, 0.6) is 0 Å². The first kappa shape index (κ1) is 38.2. The monoisotopic (exact) mass is 580 g/mol. The van der Waals surface area contributed by atoms with Gasteiger partial charge < -0.3 is 37.4 Å². The lowest BCUT2D eigenvalue weighted by molar-refractivity contribution is -0.138. The number of hydrogen-bond donors (Lipinski definition) is 6. The minimum Gasteiger partial charge on any atom is -0.394 e. The predicted octanol–water partition coefficient (Wildman–Crippen LogP) is 1.64. The first-order valence-corrected chi connectivity index (χ1v) is 15.3. The maximum Gasteiger partial charge on any atom is 0.247 e. The van der Waals surface area contributed by atoms with E-state index in [4.69, 9.17) is 11.5 Å². The number of amides is 4. The van der Waals surface area contributed by atoms with Crippen molar-refractivity contribution < 1.29 is 24.3 Å². The summed E-state index contributed by atoms with van der Waals surface area (Å²) in [6.45, 7) is 5.68. The van der Waals surface area contributed by atoms with Crippen molar-refractivity contribution in [3.05, 3.63) is 24.3 Å². The fourth-order valence-electron chi connectivity index (χ4n) is 3.98. The summed E-state index contributed by atoms with van der Waals surface area (Å²) in [6, 6.07) is -1.90. The molecule has 0 saturated carbocycles. The van der Waals surface area contributed by atoms with E-state index in [0.29, 0.717) is 90.5 Å². The van der Waals surface area contributed by atoms with Crippen LogP contribution in [0.25, 0.3) is 0 Å². The van der Waals surface area contributed by atoms with E-state index in [1.54, 1.807) is 4.90 Å². The van der Waals surface area contributed by atoms with Gasteiger partial charge in [-0.3, -0.25) is 19.2 Å². The molecule has 0 aromatic rings. The number of carbonyl (C=O) groups is 4. The molecule has 8 N–H and O–H groups in total. The third-order valence-electron chi connectivity index (χ3n) is 6.40. The summed E-state index contributed by atoms with van der Waals surface area (Å²) in [6.07, 6.45) is 15.9. The number of unbranched alkanes of at least 4 members (excludes halogenated alkanes) is 2. The van der Waals surface area contributed by atoms with Crippen molar-refractivity contribution in [2.45, 2.75) is 103 Å². The van der Waals surface area contributed by atoms with Crippen LogP contribution in [-0.2, 0) is 19.2 Å². The van der Waals surface area contributed by atoms with Crippen LogP contribution in [0.1, 0.15) is 90.9 Å². The van der Waals surface area contributed by atoms with Gasteiger partial charge in [0.2, 0.25) is 23.6 Å². The van der Waals surface area contributed by atoms with E-state index in [1.807, 2.05) is 38.2 Å². The summed E-state index contributed by atoms with van der Waals surface area (Å²) in [4.78, 5) is 51.4. The third-order valence-corrected chi connectivity index (χ3v) is 6.40. The quantitative estimate of drug-likeness (QED) is 0.0701. The Balaban J connectivity index is 4.91. The summed E-state index contributed by atoms with van der Waals surface area (Å²) in [7, 11) is 0. The summed E-state index contributed by atoms with van der Waals surface area (Å²) >= 11 is 0. The van der Waals surface area contributed by atoms with E-state index in [0.717, 1.165) is 19.3 Å². The fourth-order valence-corrected chi connectivity index (χ4v) is 3.98. The maximum absolute atomic E-state index is 13.3. The molecule has 0 aromatic carbocycles. The van der Waals surface area contributed by atoms with Crippen LogP contribution in [0.3, 0.4) is 0 Å². The van der Waals surface area contributed by atoms with E-state index in [-0.39, 0.29) is 11.8 Å². The van der Waals surface area contributed by atoms with Crippen LogP contribution >= 0.6 is 0 Å². The molecule has 236 valence electrons. The van der Waals surface area contributed by atoms with Gasteiger partial charge in [0.05, 0.1) is 12.6 Å². The van der Waals surface area contributed by atoms with Gasteiger partial charge in [0.25, 0.3) is 0 Å². The lowest BCUT2D eigenvalue weighted by atomic mass is 10.1. The van der Waals surface area contributed by atoms with Crippen LogP contribution in [0, 0.1) is 0 Å². The molecule has 41 heavy (non-hydrogen) atoms. The van der Waals surface area contributed by atoms with Gasteiger partial charge in [0.1, 0.15) is 6.04 Å². The van der Waals surface area contributed by atoms with E-state index < -0.39 is 30.5 Å². The highest BCUT2D eigenvalue weighted by molar-refractivity contribution is 5.89. The lowest BCUT2D eigenvalue weighted by Crippen LogP contribution is -2.54. The Labute approximate surface area is 246 Å². The van der Waals surface area contributed by atoms with Crippen LogP contribution in [0.4, 0.5) is 0 Å². The van der Waals surface area contributed by atoms with Gasteiger partial charge in [-0.05, 0) is 64.3 Å². The zero-order valence-electron chi connectivity index (χ0n) is 25.4. The van der Waals surface area contributed by atoms with Gasteiger partial charge in [-0.1, -0.05) is 44.6 Å². The molecule has 0 fully saturated rings. The molecule has 11 nitrogen and oxygen atoms in total. The molecular formula is C30H56N6O5. The Morgan fingerprint density at radius 3 is 1.90 bits per heavy atom. The van der Waals surface area contributed by atoms with Crippen molar-refractivity contribution in [1.29, 1.82) is 0 Å². The molecule has 11 heteroatoms. The second-order valence-electron chi connectivity index (χ2n) is 10.1. The minimum atomic E-state index is -1.11. The lowest BCUT2D eigenvalue weighted by Gasteiger charge is -2.28. The largest absolute Gasteiger partial charge is 0.394 e. The molecule has 0 rings (SSSR count). The summed E-state index contributed by atoms with van der Waals surface area (Å²) in [5.74, 6) is -0.952. The topological polar surface area (TPSA) is 180 Å². The van der Waals surface area contributed by atoms with Gasteiger partial charge in [-0.2, -0.15) is 0 Å². The number of allylic oxidation sites excluding steroid dienone is 4. The van der Waals surface area contributed by atoms with E-state index in [2.05, 4.69) is 16.0 Å². The maximum atomic E-state index is 13.3. The molecule has 0 bridgehead atoms. The molecule has 0 aromatic heterocycles. The molecule has 0 aliphatic heterocycles. The SMILES string of the molecule is CC/C=C\CCC(=O)NCCCCN(CCCNC(=O)CC/C=C\CC)C(=O)[C@H](CO)NC(=O)[C@@H](N)CCCCN. The van der Waals surface area contributed by atoms with Crippen molar-refractivity contribution in [2.75, 3.05) is 39.3 Å². The second kappa shape index (κ2) is 26.2. The molecule has 0 unspecified atom stereocenters. The number of nitrogens with one attached hydrogen (secondary N) is 3. The molecule has 0 heterocycles. The zero-order valence-corrected chi connectivity index (χ0v) is 25.4. The molecule has 0 radical (unpaired) electrons. The fraction of sp³-hybridized carbons (Fsp3) is 0.733. The van der Waals surface area contributed by atoms with Gasteiger partial charge in [0.15, 0.2) is 0 Å². The Kier molecular flexibility index (Phi) is 24.4. The molecule has 0 aliphatic rings. The van der Waals surface area contributed by atoms with Crippen LogP contribution in [-0.4, -0.2) is 85.0 Å². The Morgan fingerprint density at radius 1 is 0.805 bits per heavy atom. The number of aliphatic hydroxyl groups excluding tert-OH is 1. The predicted molar refractivity (Wildman–Crippen MR) is 164 cm³/mol. The Hall–Kier alpha value is -2.76. The van der Waals surface area contributed by atoms with E-state index >= 15 is 0 Å². The Morgan fingerprint density at radius 2 is 1.37 bits per heavy atom. The highest BCUT2D eigenvalue weighted by Crippen LogP contribution is 2.04. The second-order valence-corrected chi connectivity index (χ2v) is 10.1. The number of nitrogens with two attached hydrogens (primary N) is 2. The summed E-state index contributed by atoms with van der Waals surface area (Å²) < 4.78 is 0. The molecule has 2 atom stereocenters. The molecule has 4 amide bonds. The van der Waals surface area contributed by atoms with E-state index in [9.17, 15) is 24.3 Å². The average Bonchev–Trinajstić information content (AvgIpc) is 2.96. The highest BCUT2D eigenvalue weighted by atomic mass is 16.3. The van der Waals surface area contributed by atoms with Crippen molar-refractivity contribution in [3.8, 4) is 0 Å². The molecule has 0 saturated heterocycles. The standard InChI is InChI=1S/C30H56N6O5/c1-3-5-7-9-17-27(38)33-20-13-14-22-36(23-15-21-34-28(39)18-10-8-6-4-2)30(41)26(24-37)35-29(40)25(32)16-11-12-19-31/h5-8,25-26,37H,3-4,9-24,31-32H2,1-2H3,(H,33,38)(H,34,39)(H,35,40)/b7-5-,8-6-/t25-,26-/m0/s1. The first-order valence-electron chi connectivity index (χ1n) is 15.3. The van der Waals surface area contributed by atoms with Crippen molar-refractivity contribution >= 4 is 23.6 Å². The number of carbonyl (C=O) groups excluding carboxylic acids is 4. The molecular weight excluding hydrogens is 524 g/mol. The summed E-state index contributed by atoms with van der Waals surface area (Å²) in [5.41, 5.74) is 11.5. The minimum absolute atomic E-state index is 0.00882. The van der Waals surface area contributed by atoms with Gasteiger partial charge in [-0.25, -0.2) is 0 Å². The Bertz CT molecular complexity index is 789. The molecule has 0 aliphatic carbocycles. The van der Waals surface area contributed by atoms with Crippen molar-refractivity contribution in [1.82, 2.24) is 20.9 Å². The zero-order chi connectivity index (χ0) is 30.7. The normalized spacial score (nSPS) is 12.8. The number of rotatable bonds is 25. The summed E-state index contributed by atoms with van der Waals surface area (Å²) in [5, 5.41) is 18.3. The first-order chi connectivity index (χ1) is 19.8. The average molecular weight is 581 g/mol. The van der Waals surface area contributed by atoms with Crippen LogP contribution < -0.4 is 27.4 Å². The van der Waals surface area contributed by atoms with Gasteiger partial charge in [-0.15, -0.1) is 0 Å². The van der Waals surface area contributed by atoms with E-state index in [1.165, 1.54) is 0 Å². The van der Waals surface area contributed by atoms with Crippen LogP contribution in [0.15, 0.2) is 24.3 Å². The number of aliphatic hydroxyl groups is 1. The van der Waals surface area contributed by atoms with Gasteiger partial charge >= 0.3 is 0 Å².